The van der Waals surface area contributed by atoms with Crippen molar-refractivity contribution >= 4 is 21.9 Å². The average Bonchev–Trinajstić information content (AvgIpc) is 3.41. The van der Waals surface area contributed by atoms with E-state index in [1.807, 2.05) is 80.0 Å². The number of rotatable bonds is 4. The zero-order valence-electron chi connectivity index (χ0n) is 22.8. The van der Waals surface area contributed by atoms with Crippen molar-refractivity contribution in [3.63, 3.8) is 0 Å². The fraction of sp³-hybridized carbons (Fsp3) is 0.0811. The second-order valence-electron chi connectivity index (χ2n) is 9.80. The van der Waals surface area contributed by atoms with Crippen molar-refractivity contribution in [3.05, 3.63) is 156 Å². The van der Waals surface area contributed by atoms with Crippen molar-refractivity contribution in [2.75, 3.05) is 0 Å². The fourth-order valence-electron chi connectivity index (χ4n) is 4.85. The van der Waals surface area contributed by atoms with Crippen LogP contribution in [0.2, 0.25) is 0 Å². The van der Waals surface area contributed by atoms with Crippen LogP contribution in [0.25, 0.3) is 44.5 Å². The third-order valence-electron chi connectivity index (χ3n) is 7.07. The Morgan fingerprint density at radius 2 is 1.49 bits per heavy atom. The van der Waals surface area contributed by atoms with Gasteiger partial charge >= 0.3 is 0 Å². The van der Waals surface area contributed by atoms with Crippen LogP contribution in [0.3, 0.4) is 0 Å². The minimum atomic E-state index is 0. The zero-order chi connectivity index (χ0) is 27.3. The van der Waals surface area contributed by atoms with Gasteiger partial charge in [0.15, 0.2) is 0 Å². The van der Waals surface area contributed by atoms with Gasteiger partial charge in [-0.3, -0.25) is 0 Å². The number of pyridine rings is 2. The first kappa shape index (κ1) is 28.2. The van der Waals surface area contributed by atoms with Crippen molar-refractivity contribution < 1.29 is 24.5 Å². The summed E-state index contributed by atoms with van der Waals surface area (Å²) in [5, 5.41) is 2.22. The van der Waals surface area contributed by atoms with Crippen LogP contribution >= 0.6 is 0 Å². The summed E-state index contributed by atoms with van der Waals surface area (Å²) in [6.07, 6.45) is 3.75. The Morgan fingerprint density at radius 3 is 2.27 bits per heavy atom. The molecule has 4 aromatic carbocycles. The molecule has 0 saturated carbocycles. The predicted octanol–water partition coefficient (Wildman–Crippen LogP) is 9.45. The first-order valence-electron chi connectivity index (χ1n) is 13.4. The molecule has 7 aromatic rings. The molecular formula is C37H28IrN2O-2. The van der Waals surface area contributed by atoms with Gasteiger partial charge in [-0.25, -0.2) is 0 Å². The van der Waals surface area contributed by atoms with E-state index < -0.39 is 0 Å². The van der Waals surface area contributed by atoms with E-state index in [9.17, 15) is 0 Å². The number of aromatic nitrogens is 2. The third kappa shape index (κ3) is 6.20. The number of benzene rings is 4. The largest absolute Gasteiger partial charge is 0.501 e. The molecule has 3 heterocycles. The van der Waals surface area contributed by atoms with Crippen molar-refractivity contribution in [1.29, 1.82) is 0 Å². The summed E-state index contributed by atoms with van der Waals surface area (Å²) < 4.78 is 6.15. The summed E-state index contributed by atoms with van der Waals surface area (Å²) in [6, 6.07) is 45.3. The van der Waals surface area contributed by atoms with E-state index in [1.165, 1.54) is 16.7 Å². The van der Waals surface area contributed by atoms with E-state index in [4.69, 9.17) is 4.42 Å². The van der Waals surface area contributed by atoms with Crippen LogP contribution in [-0.4, -0.2) is 9.97 Å². The van der Waals surface area contributed by atoms with Crippen LogP contribution in [-0.2, 0) is 20.1 Å². The standard InChI is InChI=1S/C25H18NO.C12H10N.Ir/c1-17(18-8-3-2-4-9-18)19-14-15-26-23(16-19)22-12-7-11-21-20-10-5-6-13-24(20)27-25(21)22;1-10-7-8-12(13-9-10)11-5-3-2-4-6-11;/h2-11,13-17H,1H3;2-5,7-9H,1H3;/q2*-1;. The van der Waals surface area contributed by atoms with E-state index in [2.05, 4.69) is 83.6 Å². The van der Waals surface area contributed by atoms with E-state index in [-0.39, 0.29) is 20.1 Å². The van der Waals surface area contributed by atoms with Crippen molar-refractivity contribution in [3.8, 4) is 22.5 Å². The maximum absolute atomic E-state index is 6.15. The third-order valence-corrected chi connectivity index (χ3v) is 7.07. The number of para-hydroxylation sites is 1. The maximum Gasteiger partial charge on any atom is 0.120 e. The smallest absolute Gasteiger partial charge is 0.120 e. The molecular weight excluding hydrogens is 681 g/mol. The Balaban J connectivity index is 0.000000204. The van der Waals surface area contributed by atoms with Crippen molar-refractivity contribution in [2.45, 2.75) is 19.8 Å². The molecule has 0 bridgehead atoms. The SMILES string of the molecule is CC(c1ccccc1)c1ccnc(-c2[c-]ccc3c2oc2ccccc23)c1.Cc1ccc(-c2[c-]cccc2)nc1.[Ir]. The topological polar surface area (TPSA) is 38.9 Å². The van der Waals surface area contributed by atoms with Crippen LogP contribution < -0.4 is 0 Å². The molecule has 3 aromatic heterocycles. The molecule has 1 radical (unpaired) electrons. The molecule has 0 saturated heterocycles. The quantitative estimate of drug-likeness (QED) is 0.171. The van der Waals surface area contributed by atoms with Gasteiger partial charge in [-0.05, 0) is 47.1 Å². The molecule has 3 nitrogen and oxygen atoms in total. The van der Waals surface area contributed by atoms with Crippen molar-refractivity contribution in [1.82, 2.24) is 9.97 Å². The second kappa shape index (κ2) is 12.9. The summed E-state index contributed by atoms with van der Waals surface area (Å²) in [5.41, 5.74) is 9.25. The van der Waals surface area contributed by atoms with Gasteiger partial charge in [0.1, 0.15) is 5.58 Å². The van der Waals surface area contributed by atoms with Crippen molar-refractivity contribution in [2.24, 2.45) is 0 Å². The zero-order valence-corrected chi connectivity index (χ0v) is 25.2. The van der Waals surface area contributed by atoms with Gasteiger partial charge in [-0.15, -0.1) is 54.1 Å². The van der Waals surface area contributed by atoms with E-state index in [1.54, 1.807) is 0 Å². The van der Waals surface area contributed by atoms with Crippen LogP contribution in [0.4, 0.5) is 0 Å². The summed E-state index contributed by atoms with van der Waals surface area (Å²) in [6.45, 7) is 4.26. The monoisotopic (exact) mass is 709 g/mol. The average molecular weight is 709 g/mol. The maximum atomic E-state index is 6.15. The first-order chi connectivity index (χ1) is 19.7. The summed E-state index contributed by atoms with van der Waals surface area (Å²) in [7, 11) is 0. The number of hydrogen-bond donors (Lipinski definition) is 0. The van der Waals surface area contributed by atoms with Crippen LogP contribution in [0, 0.1) is 19.1 Å². The molecule has 0 aliphatic heterocycles. The second-order valence-corrected chi connectivity index (χ2v) is 9.80. The molecule has 7 rings (SSSR count). The molecule has 0 N–H and O–H groups in total. The van der Waals surface area contributed by atoms with E-state index in [0.29, 0.717) is 5.92 Å². The number of hydrogen-bond acceptors (Lipinski definition) is 3. The van der Waals surface area contributed by atoms with Gasteiger partial charge in [0, 0.05) is 43.8 Å². The van der Waals surface area contributed by atoms with E-state index in [0.717, 1.165) is 44.5 Å². The molecule has 1 unspecified atom stereocenters. The number of furan rings is 1. The molecule has 0 fully saturated rings. The van der Waals surface area contributed by atoms with Crippen LogP contribution in [0.15, 0.2) is 132 Å². The molecule has 4 heteroatoms. The number of aryl methyl sites for hydroxylation is 1. The van der Waals surface area contributed by atoms with Gasteiger partial charge in [0.2, 0.25) is 0 Å². The van der Waals surface area contributed by atoms with Crippen LogP contribution in [0.5, 0.6) is 0 Å². The predicted molar refractivity (Wildman–Crippen MR) is 163 cm³/mol. The molecule has 41 heavy (non-hydrogen) atoms. The van der Waals surface area contributed by atoms with Gasteiger partial charge in [-0.2, -0.15) is 0 Å². The fourth-order valence-corrected chi connectivity index (χ4v) is 4.85. The minimum absolute atomic E-state index is 0. The summed E-state index contributed by atoms with van der Waals surface area (Å²) in [5.74, 6) is 0.294. The van der Waals surface area contributed by atoms with Gasteiger partial charge < -0.3 is 14.4 Å². The Morgan fingerprint density at radius 1 is 0.683 bits per heavy atom. The van der Waals surface area contributed by atoms with Gasteiger partial charge in [0.05, 0.1) is 5.58 Å². The van der Waals surface area contributed by atoms with E-state index >= 15 is 0 Å². The molecule has 0 aliphatic rings. The Kier molecular flexibility index (Phi) is 8.84. The van der Waals surface area contributed by atoms with Gasteiger partial charge in [0.25, 0.3) is 0 Å². The molecule has 0 amide bonds. The molecule has 0 aliphatic carbocycles. The van der Waals surface area contributed by atoms with Crippen LogP contribution in [0.1, 0.15) is 29.5 Å². The molecule has 0 spiro atoms. The number of nitrogens with zero attached hydrogens (tertiary/aromatic N) is 2. The Bertz CT molecular complexity index is 1860. The summed E-state index contributed by atoms with van der Waals surface area (Å²) in [4.78, 5) is 8.93. The first-order valence-corrected chi connectivity index (χ1v) is 13.4. The van der Waals surface area contributed by atoms with Gasteiger partial charge in [-0.1, -0.05) is 84.6 Å². The Hall–Kier alpha value is -4.37. The molecule has 1 atom stereocenters. The Labute approximate surface area is 254 Å². The normalized spacial score (nSPS) is 11.4. The molecule has 203 valence electrons. The number of fused-ring (bicyclic) bond motifs is 3. The summed E-state index contributed by atoms with van der Waals surface area (Å²) >= 11 is 0. The minimum Gasteiger partial charge on any atom is -0.501 e.